The lowest BCUT2D eigenvalue weighted by molar-refractivity contribution is 0.0796. The van der Waals surface area contributed by atoms with Crippen LogP contribution in [0.1, 0.15) is 38.1 Å². The second-order valence-electron chi connectivity index (χ2n) is 7.56. The molecule has 0 aliphatic carbocycles. The fraction of sp³-hybridized carbons (Fsp3) is 0.500. The van der Waals surface area contributed by atoms with Crippen molar-refractivity contribution in [3.05, 3.63) is 42.0 Å². The Bertz CT molecular complexity index is 707. The van der Waals surface area contributed by atoms with Crippen LogP contribution in [-0.4, -0.2) is 25.4 Å². The lowest BCUT2D eigenvalue weighted by Crippen LogP contribution is -2.28. The van der Waals surface area contributed by atoms with E-state index in [1.807, 2.05) is 24.7 Å². The number of rotatable bonds is 5. The van der Waals surface area contributed by atoms with E-state index in [2.05, 4.69) is 49.5 Å². The first-order valence-corrected chi connectivity index (χ1v) is 11.2. The predicted molar refractivity (Wildman–Crippen MR) is 96.1 cm³/mol. The molecule has 0 amide bonds. The highest BCUT2D eigenvalue weighted by molar-refractivity contribution is 6.48. The Morgan fingerprint density at radius 2 is 2.00 bits per heavy atom. The monoisotopic (exact) mass is 346 g/mol. The highest BCUT2D eigenvalue weighted by Crippen LogP contribution is 2.37. The lowest BCUT2D eigenvalue weighted by atomic mass is 9.87. The Balaban J connectivity index is 1.86. The molecule has 1 aromatic heterocycles. The van der Waals surface area contributed by atoms with Gasteiger partial charge in [-0.1, -0.05) is 26.8 Å². The normalized spacial score (nSPS) is 15.1. The van der Waals surface area contributed by atoms with Crippen molar-refractivity contribution >= 4 is 9.04 Å². The Hall–Kier alpha value is -1.79. The minimum atomic E-state index is -1.17. The summed E-state index contributed by atoms with van der Waals surface area (Å²) in [5.41, 5.74) is 2.30. The van der Waals surface area contributed by atoms with Gasteiger partial charge in [0.2, 0.25) is 6.79 Å². The molecule has 3 rings (SSSR count). The van der Waals surface area contributed by atoms with E-state index in [0.717, 1.165) is 29.3 Å². The van der Waals surface area contributed by atoms with Crippen molar-refractivity contribution in [2.24, 2.45) is 5.41 Å². The zero-order valence-corrected chi connectivity index (χ0v) is 16.2. The Morgan fingerprint density at radius 3 is 2.71 bits per heavy atom. The van der Waals surface area contributed by atoms with Gasteiger partial charge >= 0.3 is 0 Å². The number of nitrogens with zero attached hydrogens (tertiary/aromatic N) is 2. The van der Waals surface area contributed by atoms with Crippen LogP contribution in [0, 0.1) is 5.41 Å². The summed E-state index contributed by atoms with van der Waals surface area (Å²) in [5, 5.41) is 0. The Labute approximate surface area is 145 Å². The second-order valence-corrected chi connectivity index (χ2v) is 9.93. The van der Waals surface area contributed by atoms with Crippen LogP contribution in [0.25, 0.3) is 0 Å². The van der Waals surface area contributed by atoms with Crippen molar-refractivity contribution in [2.45, 2.75) is 46.5 Å². The van der Waals surface area contributed by atoms with Gasteiger partial charge in [-0.2, -0.15) is 0 Å². The summed E-state index contributed by atoms with van der Waals surface area (Å²) >= 11 is 0. The summed E-state index contributed by atoms with van der Waals surface area (Å²) in [6.07, 6.45) is 3.85. The summed E-state index contributed by atoms with van der Waals surface area (Å²) in [4.78, 5) is 4.37. The van der Waals surface area contributed by atoms with Crippen LogP contribution in [0.4, 0.5) is 0 Å². The molecule has 5 nitrogen and oxygen atoms in total. The summed E-state index contributed by atoms with van der Waals surface area (Å²) in [6.45, 7) is 12.1. The standard InChI is InChI=1S/C18H26N2O3Si/c1-18(2,3)17(23-24(4)5)14-9-19-11-20(14)10-13-6-7-15-16(8-13)22-12-21-15/h6-9,11,17,24H,10,12H2,1-5H3. The molecule has 1 aromatic carbocycles. The van der Waals surface area contributed by atoms with Crippen LogP contribution in [0.2, 0.25) is 13.1 Å². The molecule has 24 heavy (non-hydrogen) atoms. The molecule has 0 saturated carbocycles. The van der Waals surface area contributed by atoms with Gasteiger partial charge in [-0.05, 0) is 36.2 Å². The molecule has 0 bridgehead atoms. The molecule has 1 aliphatic rings. The van der Waals surface area contributed by atoms with Gasteiger partial charge in [0, 0.05) is 6.54 Å². The molecule has 2 aromatic rings. The molecule has 0 saturated heterocycles. The number of hydrogen-bond acceptors (Lipinski definition) is 4. The number of fused-ring (bicyclic) bond motifs is 1. The SMILES string of the molecule is C[SiH](C)OC(c1cncn1Cc1ccc2c(c1)OCO2)C(C)(C)C. The largest absolute Gasteiger partial charge is 0.454 e. The van der Waals surface area contributed by atoms with E-state index in [4.69, 9.17) is 13.9 Å². The topological polar surface area (TPSA) is 45.5 Å². The van der Waals surface area contributed by atoms with E-state index in [-0.39, 0.29) is 11.5 Å². The van der Waals surface area contributed by atoms with Crippen LogP contribution in [0.5, 0.6) is 11.5 Å². The number of hydrogen-bond donors (Lipinski definition) is 0. The first-order valence-electron chi connectivity index (χ1n) is 8.38. The molecule has 6 heteroatoms. The zero-order chi connectivity index (χ0) is 17.3. The molecule has 0 N–H and O–H groups in total. The minimum absolute atomic E-state index is 0.0178. The van der Waals surface area contributed by atoms with E-state index in [9.17, 15) is 0 Å². The van der Waals surface area contributed by atoms with Crippen LogP contribution in [-0.2, 0) is 11.0 Å². The van der Waals surface area contributed by atoms with Crippen LogP contribution in [0.3, 0.4) is 0 Å². The highest BCUT2D eigenvalue weighted by atomic mass is 28.3. The maximum absolute atomic E-state index is 6.34. The van der Waals surface area contributed by atoms with E-state index in [1.165, 1.54) is 0 Å². The second kappa shape index (κ2) is 6.61. The van der Waals surface area contributed by atoms with E-state index < -0.39 is 9.04 Å². The third-order valence-electron chi connectivity index (χ3n) is 4.00. The number of imidazole rings is 1. The fourth-order valence-electron chi connectivity index (χ4n) is 2.91. The Kier molecular flexibility index (Phi) is 4.69. The number of benzene rings is 1. The Morgan fingerprint density at radius 1 is 1.25 bits per heavy atom. The minimum Gasteiger partial charge on any atom is -0.454 e. The van der Waals surface area contributed by atoms with Crippen molar-refractivity contribution in [2.75, 3.05) is 6.79 Å². The average molecular weight is 347 g/mol. The fourth-order valence-corrected chi connectivity index (χ4v) is 4.00. The van der Waals surface area contributed by atoms with Gasteiger partial charge in [0.05, 0.1) is 24.3 Å². The molecule has 1 aliphatic heterocycles. The first-order chi connectivity index (χ1) is 11.3. The molecule has 0 radical (unpaired) electrons. The zero-order valence-electron chi connectivity index (χ0n) is 15.1. The van der Waals surface area contributed by atoms with Crippen LogP contribution < -0.4 is 9.47 Å². The maximum Gasteiger partial charge on any atom is 0.231 e. The number of ether oxygens (including phenoxy) is 2. The molecule has 1 atom stereocenters. The van der Waals surface area contributed by atoms with E-state index in [0.29, 0.717) is 6.79 Å². The van der Waals surface area contributed by atoms with Crippen molar-refractivity contribution in [3.63, 3.8) is 0 Å². The van der Waals surface area contributed by atoms with E-state index in [1.54, 1.807) is 0 Å². The molecular weight excluding hydrogens is 320 g/mol. The first kappa shape index (κ1) is 17.0. The van der Waals surface area contributed by atoms with Crippen LogP contribution in [0.15, 0.2) is 30.7 Å². The molecule has 130 valence electrons. The van der Waals surface area contributed by atoms with Crippen molar-refractivity contribution in [3.8, 4) is 11.5 Å². The van der Waals surface area contributed by atoms with Gasteiger partial charge in [0.15, 0.2) is 20.5 Å². The molecular formula is C18H26N2O3Si. The van der Waals surface area contributed by atoms with Gasteiger partial charge in [-0.3, -0.25) is 0 Å². The molecule has 0 spiro atoms. The molecule has 1 unspecified atom stereocenters. The average Bonchev–Trinajstić information content (AvgIpc) is 3.12. The summed E-state index contributed by atoms with van der Waals surface area (Å²) in [6, 6.07) is 6.07. The van der Waals surface area contributed by atoms with Gasteiger partial charge in [-0.25, -0.2) is 4.98 Å². The van der Waals surface area contributed by atoms with Crippen molar-refractivity contribution < 1.29 is 13.9 Å². The van der Waals surface area contributed by atoms with Crippen LogP contribution >= 0.6 is 0 Å². The molecule has 0 fully saturated rings. The maximum atomic E-state index is 6.34. The quantitative estimate of drug-likeness (QED) is 0.774. The summed E-state index contributed by atoms with van der Waals surface area (Å²) in [7, 11) is -1.17. The smallest absolute Gasteiger partial charge is 0.231 e. The molecule has 2 heterocycles. The third-order valence-corrected chi connectivity index (χ3v) is 4.81. The van der Waals surface area contributed by atoms with Gasteiger partial charge in [-0.15, -0.1) is 0 Å². The summed E-state index contributed by atoms with van der Waals surface area (Å²) < 4.78 is 19.4. The van der Waals surface area contributed by atoms with Gasteiger partial charge in [0.25, 0.3) is 0 Å². The van der Waals surface area contributed by atoms with Crippen molar-refractivity contribution in [1.82, 2.24) is 9.55 Å². The lowest BCUT2D eigenvalue weighted by Gasteiger charge is -2.33. The van der Waals surface area contributed by atoms with Gasteiger partial charge < -0.3 is 18.5 Å². The highest BCUT2D eigenvalue weighted by Gasteiger charge is 2.30. The third kappa shape index (κ3) is 3.65. The van der Waals surface area contributed by atoms with Gasteiger partial charge in [0.1, 0.15) is 0 Å². The predicted octanol–water partition coefficient (Wildman–Crippen LogP) is 3.75. The van der Waals surface area contributed by atoms with E-state index >= 15 is 0 Å². The van der Waals surface area contributed by atoms with Crippen molar-refractivity contribution in [1.29, 1.82) is 0 Å². The summed E-state index contributed by atoms with van der Waals surface area (Å²) in [5.74, 6) is 1.62. The number of aromatic nitrogens is 2.